The summed E-state index contributed by atoms with van der Waals surface area (Å²) in [5, 5.41) is 8.70. The lowest BCUT2D eigenvalue weighted by molar-refractivity contribution is 0.942. The van der Waals surface area contributed by atoms with E-state index in [0.29, 0.717) is 5.69 Å². The van der Waals surface area contributed by atoms with E-state index >= 15 is 0 Å². The second-order valence-corrected chi connectivity index (χ2v) is 3.95. The van der Waals surface area contributed by atoms with Crippen LogP contribution < -0.4 is 5.56 Å². The molecular formula is C11H6BrN3O. The van der Waals surface area contributed by atoms with Crippen LogP contribution in [0, 0.1) is 11.3 Å². The third-order valence-electron chi connectivity index (χ3n) is 2.05. The van der Waals surface area contributed by atoms with Crippen LogP contribution in [0.3, 0.4) is 0 Å². The minimum absolute atomic E-state index is 0.106. The number of benzene rings is 1. The van der Waals surface area contributed by atoms with E-state index in [-0.39, 0.29) is 5.69 Å². The van der Waals surface area contributed by atoms with Gasteiger partial charge in [0.1, 0.15) is 6.07 Å². The lowest BCUT2D eigenvalue weighted by Crippen LogP contribution is -2.21. The van der Waals surface area contributed by atoms with E-state index in [1.807, 2.05) is 12.1 Å². The molecular weight excluding hydrogens is 270 g/mol. The molecule has 0 fully saturated rings. The van der Waals surface area contributed by atoms with E-state index in [4.69, 9.17) is 5.26 Å². The van der Waals surface area contributed by atoms with Gasteiger partial charge in [0.15, 0.2) is 0 Å². The molecule has 2 rings (SSSR count). The fourth-order valence-electron chi connectivity index (χ4n) is 1.29. The van der Waals surface area contributed by atoms with Crippen LogP contribution in [-0.2, 0) is 0 Å². The van der Waals surface area contributed by atoms with Gasteiger partial charge >= 0.3 is 0 Å². The van der Waals surface area contributed by atoms with E-state index in [9.17, 15) is 4.79 Å². The largest absolute Gasteiger partial charge is 0.291 e. The molecule has 0 unspecified atom stereocenters. The molecule has 0 spiro atoms. The Morgan fingerprint density at radius 2 is 2.00 bits per heavy atom. The molecule has 0 aliphatic heterocycles. The van der Waals surface area contributed by atoms with Crippen molar-refractivity contribution in [3.8, 4) is 11.8 Å². The zero-order valence-corrected chi connectivity index (χ0v) is 9.68. The van der Waals surface area contributed by atoms with Crippen molar-refractivity contribution in [2.75, 3.05) is 0 Å². The SMILES string of the molecule is N#Cc1nccn(-c2ccc(Br)cc2)c1=O. The predicted octanol–water partition coefficient (Wildman–Crippen LogP) is 1.87. The monoisotopic (exact) mass is 275 g/mol. The normalized spacial score (nSPS) is 9.75. The first-order valence-electron chi connectivity index (χ1n) is 4.46. The number of nitriles is 1. The van der Waals surface area contributed by atoms with Gasteiger partial charge in [0.2, 0.25) is 5.69 Å². The van der Waals surface area contributed by atoms with E-state index in [1.165, 1.54) is 17.0 Å². The molecule has 2 aromatic rings. The van der Waals surface area contributed by atoms with Gasteiger partial charge in [-0.25, -0.2) is 4.98 Å². The Kier molecular flexibility index (Phi) is 2.84. The summed E-state index contributed by atoms with van der Waals surface area (Å²) in [6, 6.07) is 8.99. The predicted molar refractivity (Wildman–Crippen MR) is 62.2 cm³/mol. The first-order valence-corrected chi connectivity index (χ1v) is 5.25. The Balaban J connectivity index is 2.62. The fraction of sp³-hybridized carbons (Fsp3) is 0. The second-order valence-electron chi connectivity index (χ2n) is 3.04. The summed E-state index contributed by atoms with van der Waals surface area (Å²) < 4.78 is 2.32. The van der Waals surface area contributed by atoms with Gasteiger partial charge in [-0.05, 0) is 24.3 Å². The fourth-order valence-corrected chi connectivity index (χ4v) is 1.56. The van der Waals surface area contributed by atoms with Crippen LogP contribution in [0.5, 0.6) is 0 Å². The summed E-state index contributed by atoms with van der Waals surface area (Å²) in [5.74, 6) is 0. The lowest BCUT2D eigenvalue weighted by Gasteiger charge is -2.04. The molecule has 0 bridgehead atoms. The standard InChI is InChI=1S/C11H6BrN3O/c12-8-1-3-9(4-2-8)15-6-5-14-10(7-13)11(15)16/h1-6H. The Morgan fingerprint density at radius 1 is 1.31 bits per heavy atom. The average molecular weight is 276 g/mol. The molecule has 0 aliphatic rings. The number of hydrogen-bond acceptors (Lipinski definition) is 3. The molecule has 4 nitrogen and oxygen atoms in total. The molecule has 1 aromatic carbocycles. The highest BCUT2D eigenvalue weighted by atomic mass is 79.9. The van der Waals surface area contributed by atoms with Crippen LogP contribution in [0.15, 0.2) is 45.9 Å². The first kappa shape index (κ1) is 10.6. The molecule has 16 heavy (non-hydrogen) atoms. The molecule has 1 aromatic heterocycles. The van der Waals surface area contributed by atoms with Crippen molar-refractivity contribution in [1.82, 2.24) is 9.55 Å². The van der Waals surface area contributed by atoms with E-state index < -0.39 is 5.56 Å². The van der Waals surface area contributed by atoms with Crippen molar-refractivity contribution in [3.63, 3.8) is 0 Å². The smallest absolute Gasteiger partial charge is 0.280 e. The van der Waals surface area contributed by atoms with Crippen LogP contribution in [0.25, 0.3) is 5.69 Å². The Hall–Kier alpha value is -1.93. The molecule has 0 radical (unpaired) electrons. The number of nitrogens with zero attached hydrogens (tertiary/aromatic N) is 3. The zero-order chi connectivity index (χ0) is 11.5. The lowest BCUT2D eigenvalue weighted by atomic mass is 10.3. The summed E-state index contributed by atoms with van der Waals surface area (Å²) in [7, 11) is 0. The maximum Gasteiger partial charge on any atom is 0.291 e. The van der Waals surface area contributed by atoms with Gasteiger partial charge in [0.05, 0.1) is 0 Å². The summed E-state index contributed by atoms with van der Waals surface area (Å²) in [6.07, 6.45) is 2.97. The van der Waals surface area contributed by atoms with Crippen LogP contribution in [0.2, 0.25) is 0 Å². The van der Waals surface area contributed by atoms with Crippen molar-refractivity contribution in [3.05, 3.63) is 57.2 Å². The van der Waals surface area contributed by atoms with Gasteiger partial charge in [-0.3, -0.25) is 9.36 Å². The number of aromatic nitrogens is 2. The maximum absolute atomic E-state index is 11.8. The highest BCUT2D eigenvalue weighted by Crippen LogP contribution is 2.12. The van der Waals surface area contributed by atoms with Crippen molar-refractivity contribution >= 4 is 15.9 Å². The van der Waals surface area contributed by atoms with Gasteiger partial charge in [0.25, 0.3) is 5.56 Å². The molecule has 78 valence electrons. The van der Waals surface area contributed by atoms with Crippen molar-refractivity contribution < 1.29 is 0 Å². The van der Waals surface area contributed by atoms with E-state index in [1.54, 1.807) is 18.2 Å². The quantitative estimate of drug-likeness (QED) is 0.798. The highest BCUT2D eigenvalue weighted by molar-refractivity contribution is 9.10. The van der Waals surface area contributed by atoms with Crippen LogP contribution in [-0.4, -0.2) is 9.55 Å². The van der Waals surface area contributed by atoms with Crippen molar-refractivity contribution in [1.29, 1.82) is 5.26 Å². The van der Waals surface area contributed by atoms with Gasteiger partial charge in [-0.1, -0.05) is 15.9 Å². The van der Waals surface area contributed by atoms with Gasteiger partial charge in [-0.15, -0.1) is 0 Å². The molecule has 0 saturated heterocycles. The van der Waals surface area contributed by atoms with Crippen LogP contribution in [0.1, 0.15) is 5.69 Å². The third kappa shape index (κ3) is 1.88. The van der Waals surface area contributed by atoms with Gasteiger partial charge in [-0.2, -0.15) is 5.26 Å². The topological polar surface area (TPSA) is 58.7 Å². The summed E-state index contributed by atoms with van der Waals surface area (Å²) in [5.41, 5.74) is 0.185. The summed E-state index contributed by atoms with van der Waals surface area (Å²) in [6.45, 7) is 0. The Labute approximate surface area is 99.9 Å². The minimum atomic E-state index is -0.410. The van der Waals surface area contributed by atoms with Gasteiger partial charge < -0.3 is 0 Å². The third-order valence-corrected chi connectivity index (χ3v) is 2.58. The van der Waals surface area contributed by atoms with E-state index in [0.717, 1.165) is 4.47 Å². The van der Waals surface area contributed by atoms with E-state index in [2.05, 4.69) is 20.9 Å². The van der Waals surface area contributed by atoms with Gasteiger partial charge in [0, 0.05) is 22.6 Å². The number of rotatable bonds is 1. The Bertz CT molecular complexity index is 610. The molecule has 1 heterocycles. The average Bonchev–Trinajstić information content (AvgIpc) is 2.31. The molecule has 5 heteroatoms. The molecule has 0 N–H and O–H groups in total. The molecule has 0 aliphatic carbocycles. The molecule has 0 atom stereocenters. The second kappa shape index (κ2) is 4.29. The maximum atomic E-state index is 11.8. The zero-order valence-electron chi connectivity index (χ0n) is 8.09. The molecule has 0 saturated carbocycles. The van der Waals surface area contributed by atoms with Crippen molar-refractivity contribution in [2.24, 2.45) is 0 Å². The number of hydrogen-bond donors (Lipinski definition) is 0. The summed E-state index contributed by atoms with van der Waals surface area (Å²) >= 11 is 3.31. The first-order chi connectivity index (χ1) is 7.72. The number of halogens is 1. The highest BCUT2D eigenvalue weighted by Gasteiger charge is 2.04. The molecule has 0 amide bonds. The van der Waals surface area contributed by atoms with Crippen LogP contribution in [0.4, 0.5) is 0 Å². The Morgan fingerprint density at radius 3 is 2.62 bits per heavy atom. The van der Waals surface area contributed by atoms with Crippen LogP contribution >= 0.6 is 15.9 Å². The van der Waals surface area contributed by atoms with Crippen molar-refractivity contribution in [2.45, 2.75) is 0 Å². The minimum Gasteiger partial charge on any atom is -0.280 e. The summed E-state index contributed by atoms with van der Waals surface area (Å²) in [4.78, 5) is 15.4.